The SMILES string of the molecule is C[C@@H](/C=C/CCn1cc(CCO)nn1)[C@]1(O)C(=O)N(Cc2cccc(NC(=O)[C@H]3CCCN3)c2)c2ccc(NC(=O)[C@H]3CCCN3)cc21. The standard InChI is InChI=1S/C35H44N8O5/c1-23(7-2-3-17-42-22-27(14-18-44)40-41-42)35(48)28-20-26(39-33(46)30-11-6-16-37-30)12-13-31(28)43(34(35)47)21-24-8-4-9-25(19-24)38-32(45)29-10-5-15-36-29/h2,4,7-9,12-13,19-20,22-23,29-30,36-37,44,48H,3,5-6,10-11,14-18,21H2,1H3,(H,38,45)(H,39,46)/b7-2+/t23-,29+,30+,35+/m0/s1. The minimum absolute atomic E-state index is 0.00418. The molecule has 0 aliphatic carbocycles. The normalized spacial score (nSPS) is 22.7. The number of aliphatic hydroxyl groups excluding tert-OH is 1. The van der Waals surface area contributed by atoms with Crippen LogP contribution in [0.2, 0.25) is 0 Å². The van der Waals surface area contributed by atoms with Gasteiger partial charge in [0.15, 0.2) is 5.60 Å². The monoisotopic (exact) mass is 656 g/mol. The summed E-state index contributed by atoms with van der Waals surface area (Å²) in [6.07, 6.45) is 10.00. The zero-order valence-corrected chi connectivity index (χ0v) is 27.2. The van der Waals surface area contributed by atoms with Crippen molar-refractivity contribution in [1.82, 2.24) is 25.6 Å². The van der Waals surface area contributed by atoms with Crippen LogP contribution in [0.5, 0.6) is 0 Å². The number of hydrogen-bond acceptors (Lipinski definition) is 9. The number of rotatable bonds is 13. The molecule has 3 aliphatic heterocycles. The van der Waals surface area contributed by atoms with E-state index in [-0.39, 0.29) is 37.0 Å². The molecule has 0 spiro atoms. The van der Waals surface area contributed by atoms with Crippen molar-refractivity contribution in [3.63, 3.8) is 0 Å². The zero-order valence-electron chi connectivity index (χ0n) is 27.2. The van der Waals surface area contributed by atoms with E-state index in [0.717, 1.165) is 44.3 Å². The number of aliphatic hydroxyl groups is 2. The molecular weight excluding hydrogens is 612 g/mol. The van der Waals surface area contributed by atoms with Gasteiger partial charge >= 0.3 is 0 Å². The summed E-state index contributed by atoms with van der Waals surface area (Å²) in [5.41, 5.74) is 1.73. The molecule has 0 unspecified atom stereocenters. The summed E-state index contributed by atoms with van der Waals surface area (Å²) in [5, 5.41) is 41.9. The van der Waals surface area contributed by atoms with Crippen LogP contribution in [0.25, 0.3) is 0 Å². The van der Waals surface area contributed by atoms with Crippen LogP contribution in [0.1, 0.15) is 55.8 Å². The van der Waals surface area contributed by atoms with E-state index in [1.807, 2.05) is 36.4 Å². The topological polar surface area (TPSA) is 174 Å². The van der Waals surface area contributed by atoms with Crippen molar-refractivity contribution in [2.24, 2.45) is 5.92 Å². The third-order valence-corrected chi connectivity index (χ3v) is 9.39. The second kappa shape index (κ2) is 14.8. The van der Waals surface area contributed by atoms with Gasteiger partial charge in [-0.15, -0.1) is 5.10 Å². The van der Waals surface area contributed by atoms with Crippen LogP contribution in [0, 0.1) is 5.92 Å². The molecule has 4 heterocycles. The van der Waals surface area contributed by atoms with Crippen molar-refractivity contribution in [2.75, 3.05) is 35.2 Å². The van der Waals surface area contributed by atoms with Gasteiger partial charge in [-0.05, 0) is 81.1 Å². The van der Waals surface area contributed by atoms with Crippen molar-refractivity contribution < 1.29 is 24.6 Å². The zero-order chi connectivity index (χ0) is 33.7. The Balaban J connectivity index is 1.22. The van der Waals surface area contributed by atoms with Crippen molar-refractivity contribution in [3.8, 4) is 0 Å². The number of hydrogen-bond donors (Lipinski definition) is 6. The fourth-order valence-corrected chi connectivity index (χ4v) is 6.71. The molecule has 0 bridgehead atoms. The summed E-state index contributed by atoms with van der Waals surface area (Å²) in [6.45, 7) is 4.14. The van der Waals surface area contributed by atoms with Gasteiger partial charge < -0.3 is 36.4 Å². The average molecular weight is 657 g/mol. The first kappa shape index (κ1) is 33.5. The summed E-state index contributed by atoms with van der Waals surface area (Å²) >= 11 is 0. The number of fused-ring (bicyclic) bond motifs is 1. The van der Waals surface area contributed by atoms with Gasteiger partial charge in [0, 0.05) is 48.6 Å². The predicted molar refractivity (Wildman–Crippen MR) is 181 cm³/mol. The first-order chi connectivity index (χ1) is 23.3. The van der Waals surface area contributed by atoms with Gasteiger partial charge in [0.1, 0.15) is 0 Å². The van der Waals surface area contributed by atoms with E-state index in [1.165, 1.54) is 0 Å². The lowest BCUT2D eigenvalue weighted by atomic mass is 9.82. The number of benzene rings is 2. The van der Waals surface area contributed by atoms with Crippen LogP contribution in [0.4, 0.5) is 17.1 Å². The van der Waals surface area contributed by atoms with Crippen LogP contribution >= 0.6 is 0 Å². The molecule has 3 aliphatic rings. The van der Waals surface area contributed by atoms with Gasteiger partial charge in [-0.2, -0.15) is 0 Å². The van der Waals surface area contributed by atoms with E-state index in [0.29, 0.717) is 47.7 Å². The maximum absolute atomic E-state index is 14.3. The third-order valence-electron chi connectivity index (χ3n) is 9.39. The van der Waals surface area contributed by atoms with E-state index in [4.69, 9.17) is 5.11 Å². The highest BCUT2D eigenvalue weighted by atomic mass is 16.3. The number of allylic oxidation sites excluding steroid dienone is 1. The Morgan fingerprint density at radius 3 is 2.44 bits per heavy atom. The highest BCUT2D eigenvalue weighted by Crippen LogP contribution is 2.47. The largest absolute Gasteiger partial charge is 0.396 e. The molecule has 2 saturated heterocycles. The lowest BCUT2D eigenvalue weighted by molar-refractivity contribution is -0.139. The van der Waals surface area contributed by atoms with E-state index in [1.54, 1.807) is 40.9 Å². The fourth-order valence-electron chi connectivity index (χ4n) is 6.71. The quantitative estimate of drug-likeness (QED) is 0.151. The maximum atomic E-state index is 14.3. The second-order valence-electron chi connectivity index (χ2n) is 12.8. The average Bonchev–Trinajstić information content (AvgIpc) is 3.91. The number of carbonyl (C=O) groups excluding carboxylic acids is 3. The summed E-state index contributed by atoms with van der Waals surface area (Å²) < 4.78 is 1.70. The molecule has 254 valence electrons. The second-order valence-corrected chi connectivity index (χ2v) is 12.8. The smallest absolute Gasteiger partial charge is 0.264 e. The lowest BCUT2D eigenvalue weighted by Crippen LogP contribution is -2.44. The number of nitrogens with one attached hydrogen (secondary N) is 4. The summed E-state index contributed by atoms with van der Waals surface area (Å²) in [5.74, 6) is -1.31. The van der Waals surface area contributed by atoms with Crippen LogP contribution in [-0.4, -0.2) is 74.7 Å². The number of aromatic nitrogens is 3. The fraction of sp³-hybridized carbons (Fsp3) is 0.457. The number of aryl methyl sites for hydroxylation is 1. The van der Waals surface area contributed by atoms with Crippen molar-refractivity contribution >= 4 is 34.8 Å². The van der Waals surface area contributed by atoms with Gasteiger partial charge in [-0.25, -0.2) is 0 Å². The first-order valence-electron chi connectivity index (χ1n) is 16.8. The molecule has 4 atom stereocenters. The summed E-state index contributed by atoms with van der Waals surface area (Å²) in [6, 6.07) is 12.1. The Morgan fingerprint density at radius 1 is 1.06 bits per heavy atom. The minimum atomic E-state index is -1.89. The Hall–Kier alpha value is -4.43. The Kier molecular flexibility index (Phi) is 10.3. The van der Waals surface area contributed by atoms with Gasteiger partial charge in [-0.1, -0.05) is 36.4 Å². The maximum Gasteiger partial charge on any atom is 0.264 e. The third kappa shape index (κ3) is 7.19. The number of anilines is 3. The molecule has 0 saturated carbocycles. The molecule has 1 aromatic heterocycles. The van der Waals surface area contributed by atoms with Crippen LogP contribution in [-0.2, 0) is 39.5 Å². The summed E-state index contributed by atoms with van der Waals surface area (Å²) in [4.78, 5) is 41.5. The molecule has 6 rings (SSSR count). The highest BCUT2D eigenvalue weighted by molar-refractivity contribution is 6.08. The Labute approximate surface area is 279 Å². The molecule has 13 heteroatoms. The van der Waals surface area contributed by atoms with E-state index in [2.05, 4.69) is 31.6 Å². The van der Waals surface area contributed by atoms with E-state index >= 15 is 0 Å². The number of carbonyl (C=O) groups is 3. The predicted octanol–water partition coefficient (Wildman–Crippen LogP) is 2.21. The Bertz CT molecular complexity index is 1660. The minimum Gasteiger partial charge on any atom is -0.396 e. The lowest BCUT2D eigenvalue weighted by Gasteiger charge is -2.28. The van der Waals surface area contributed by atoms with Crippen LogP contribution in [0.15, 0.2) is 60.8 Å². The molecule has 3 aromatic rings. The van der Waals surface area contributed by atoms with Gasteiger partial charge in [0.25, 0.3) is 5.91 Å². The molecule has 2 aromatic carbocycles. The van der Waals surface area contributed by atoms with Crippen LogP contribution < -0.4 is 26.2 Å². The number of nitrogens with zero attached hydrogens (tertiary/aromatic N) is 4. The van der Waals surface area contributed by atoms with Gasteiger partial charge in [0.2, 0.25) is 11.8 Å². The molecule has 48 heavy (non-hydrogen) atoms. The Morgan fingerprint density at radius 2 is 1.77 bits per heavy atom. The molecule has 3 amide bonds. The van der Waals surface area contributed by atoms with Crippen molar-refractivity contribution in [2.45, 2.75) is 76.2 Å². The summed E-state index contributed by atoms with van der Waals surface area (Å²) in [7, 11) is 0. The first-order valence-corrected chi connectivity index (χ1v) is 16.8. The van der Waals surface area contributed by atoms with E-state index in [9.17, 15) is 19.5 Å². The van der Waals surface area contributed by atoms with Gasteiger partial charge in [0.05, 0.1) is 30.0 Å². The van der Waals surface area contributed by atoms with E-state index < -0.39 is 17.4 Å². The molecule has 13 nitrogen and oxygen atoms in total. The molecule has 6 N–H and O–H groups in total. The van der Waals surface area contributed by atoms with Crippen molar-refractivity contribution in [3.05, 3.63) is 77.6 Å². The van der Waals surface area contributed by atoms with Crippen LogP contribution in [0.3, 0.4) is 0 Å². The molecule has 2 fully saturated rings. The highest BCUT2D eigenvalue weighted by Gasteiger charge is 2.52. The van der Waals surface area contributed by atoms with Crippen molar-refractivity contribution in [1.29, 1.82) is 0 Å². The molecular formula is C35H44N8O5. The van der Waals surface area contributed by atoms with Gasteiger partial charge in [-0.3, -0.25) is 19.1 Å². The molecule has 0 radical (unpaired) electrons. The number of amides is 3.